The molecule has 0 fully saturated rings. The Hall–Kier alpha value is -1.32. The van der Waals surface area contributed by atoms with Crippen LogP contribution in [0.25, 0.3) is 10.9 Å². The third-order valence-corrected chi connectivity index (χ3v) is 3.35. The van der Waals surface area contributed by atoms with Gasteiger partial charge in [-0.15, -0.1) is 0 Å². The standard InChI is InChI=1S/C14H21N3/c1-14(2,9-15)7-12(16)11-8-17-13-6-4-3-5-10(11)13/h3-6,8,12,17H,7,9,15-16H2,1-2H3. The van der Waals surface area contributed by atoms with Gasteiger partial charge < -0.3 is 16.5 Å². The van der Waals surface area contributed by atoms with E-state index in [2.05, 4.69) is 31.0 Å². The molecule has 17 heavy (non-hydrogen) atoms. The van der Waals surface area contributed by atoms with Crippen LogP contribution in [0, 0.1) is 5.41 Å². The van der Waals surface area contributed by atoms with Crippen molar-refractivity contribution in [3.05, 3.63) is 36.0 Å². The summed E-state index contributed by atoms with van der Waals surface area (Å²) in [5, 5.41) is 1.22. The van der Waals surface area contributed by atoms with Crippen LogP contribution in [0.4, 0.5) is 0 Å². The lowest BCUT2D eigenvalue weighted by atomic mass is 9.84. The Morgan fingerprint density at radius 3 is 2.71 bits per heavy atom. The summed E-state index contributed by atoms with van der Waals surface area (Å²) in [5.41, 5.74) is 14.5. The van der Waals surface area contributed by atoms with Crippen LogP contribution in [-0.4, -0.2) is 11.5 Å². The Morgan fingerprint density at radius 2 is 2.00 bits per heavy atom. The molecule has 3 heteroatoms. The molecule has 0 saturated heterocycles. The first-order chi connectivity index (χ1) is 8.03. The van der Waals surface area contributed by atoms with Crippen LogP contribution in [0.2, 0.25) is 0 Å². The number of nitrogens with two attached hydrogens (primary N) is 2. The monoisotopic (exact) mass is 231 g/mol. The van der Waals surface area contributed by atoms with Crippen molar-refractivity contribution < 1.29 is 0 Å². The summed E-state index contributed by atoms with van der Waals surface area (Å²) < 4.78 is 0. The molecule has 0 spiro atoms. The minimum atomic E-state index is 0.0321. The number of aromatic amines is 1. The van der Waals surface area contributed by atoms with Crippen LogP contribution < -0.4 is 11.5 Å². The Morgan fingerprint density at radius 1 is 1.29 bits per heavy atom. The van der Waals surface area contributed by atoms with Gasteiger partial charge in [0, 0.05) is 23.1 Å². The van der Waals surface area contributed by atoms with E-state index in [1.54, 1.807) is 0 Å². The quantitative estimate of drug-likeness (QED) is 0.757. The highest BCUT2D eigenvalue weighted by Crippen LogP contribution is 2.31. The summed E-state index contributed by atoms with van der Waals surface area (Å²) >= 11 is 0. The van der Waals surface area contributed by atoms with Crippen molar-refractivity contribution in [2.75, 3.05) is 6.54 Å². The number of hydrogen-bond donors (Lipinski definition) is 3. The number of para-hydroxylation sites is 1. The van der Waals surface area contributed by atoms with Crippen molar-refractivity contribution in [2.45, 2.75) is 26.3 Å². The fourth-order valence-electron chi connectivity index (χ4n) is 2.19. The third-order valence-electron chi connectivity index (χ3n) is 3.35. The Balaban J connectivity index is 2.28. The minimum absolute atomic E-state index is 0.0321. The van der Waals surface area contributed by atoms with Gasteiger partial charge >= 0.3 is 0 Å². The van der Waals surface area contributed by atoms with Gasteiger partial charge in [0.1, 0.15) is 0 Å². The third kappa shape index (κ3) is 2.51. The van der Waals surface area contributed by atoms with Crippen LogP contribution in [0.5, 0.6) is 0 Å². The van der Waals surface area contributed by atoms with Crippen molar-refractivity contribution >= 4 is 10.9 Å². The van der Waals surface area contributed by atoms with E-state index >= 15 is 0 Å². The zero-order valence-electron chi connectivity index (χ0n) is 10.5. The fraction of sp³-hybridized carbons (Fsp3) is 0.429. The molecule has 92 valence electrons. The van der Waals surface area contributed by atoms with Crippen LogP contribution >= 0.6 is 0 Å². The Kier molecular flexibility index (Phi) is 3.22. The molecule has 5 N–H and O–H groups in total. The largest absolute Gasteiger partial charge is 0.361 e. The van der Waals surface area contributed by atoms with E-state index in [1.165, 1.54) is 10.9 Å². The second-order valence-corrected chi connectivity index (χ2v) is 5.47. The van der Waals surface area contributed by atoms with Gasteiger partial charge in [0.15, 0.2) is 0 Å². The van der Waals surface area contributed by atoms with Crippen LogP contribution in [0.15, 0.2) is 30.5 Å². The number of benzene rings is 1. The summed E-state index contributed by atoms with van der Waals surface area (Å²) in [6, 6.07) is 8.28. The lowest BCUT2D eigenvalue weighted by Crippen LogP contribution is -2.28. The first-order valence-corrected chi connectivity index (χ1v) is 6.05. The Labute approximate surface area is 102 Å². The molecule has 1 heterocycles. The van der Waals surface area contributed by atoms with Gasteiger partial charge in [0.25, 0.3) is 0 Å². The molecule has 0 aliphatic rings. The number of aromatic nitrogens is 1. The SMILES string of the molecule is CC(C)(CN)CC(N)c1c[nH]c2ccccc12. The van der Waals surface area contributed by atoms with Crippen molar-refractivity contribution in [1.82, 2.24) is 4.98 Å². The van der Waals surface area contributed by atoms with Crippen LogP contribution in [0.1, 0.15) is 31.9 Å². The molecule has 3 nitrogen and oxygen atoms in total. The summed E-state index contributed by atoms with van der Waals surface area (Å²) in [5.74, 6) is 0. The smallest absolute Gasteiger partial charge is 0.0457 e. The number of H-pyrrole nitrogens is 1. The predicted molar refractivity (Wildman–Crippen MR) is 72.7 cm³/mol. The molecule has 0 bridgehead atoms. The molecular weight excluding hydrogens is 210 g/mol. The summed E-state index contributed by atoms with van der Waals surface area (Å²) in [6.45, 7) is 4.96. The van der Waals surface area contributed by atoms with E-state index in [0.717, 1.165) is 11.9 Å². The van der Waals surface area contributed by atoms with E-state index in [4.69, 9.17) is 11.5 Å². The highest BCUT2D eigenvalue weighted by Gasteiger charge is 2.22. The van der Waals surface area contributed by atoms with Crippen molar-refractivity contribution in [3.8, 4) is 0 Å². The van der Waals surface area contributed by atoms with Gasteiger partial charge in [-0.25, -0.2) is 0 Å². The van der Waals surface area contributed by atoms with Crippen molar-refractivity contribution in [3.63, 3.8) is 0 Å². The average Bonchev–Trinajstić information content (AvgIpc) is 2.72. The number of hydrogen-bond acceptors (Lipinski definition) is 2. The molecule has 0 radical (unpaired) electrons. The van der Waals surface area contributed by atoms with E-state index in [0.29, 0.717) is 6.54 Å². The first kappa shape index (κ1) is 12.1. The van der Waals surface area contributed by atoms with E-state index < -0.39 is 0 Å². The summed E-state index contributed by atoms with van der Waals surface area (Å²) in [7, 11) is 0. The van der Waals surface area contributed by atoms with E-state index in [9.17, 15) is 0 Å². The molecule has 1 aromatic carbocycles. The number of fused-ring (bicyclic) bond motifs is 1. The lowest BCUT2D eigenvalue weighted by molar-refractivity contribution is 0.318. The topological polar surface area (TPSA) is 67.8 Å². The van der Waals surface area contributed by atoms with E-state index in [-0.39, 0.29) is 11.5 Å². The molecule has 2 rings (SSSR count). The average molecular weight is 231 g/mol. The van der Waals surface area contributed by atoms with Gasteiger partial charge in [-0.05, 0) is 30.0 Å². The second kappa shape index (κ2) is 4.51. The first-order valence-electron chi connectivity index (χ1n) is 6.05. The van der Waals surface area contributed by atoms with Crippen LogP contribution in [-0.2, 0) is 0 Å². The molecule has 0 saturated carbocycles. The molecular formula is C14H21N3. The van der Waals surface area contributed by atoms with Crippen molar-refractivity contribution in [1.29, 1.82) is 0 Å². The minimum Gasteiger partial charge on any atom is -0.361 e. The normalized spacial score (nSPS) is 14.1. The number of rotatable bonds is 4. The summed E-state index contributed by atoms with van der Waals surface area (Å²) in [6.07, 6.45) is 2.91. The van der Waals surface area contributed by atoms with Gasteiger partial charge in [-0.2, -0.15) is 0 Å². The molecule has 1 aromatic heterocycles. The zero-order chi connectivity index (χ0) is 12.5. The van der Waals surface area contributed by atoms with Gasteiger partial charge in [-0.3, -0.25) is 0 Å². The van der Waals surface area contributed by atoms with Crippen LogP contribution in [0.3, 0.4) is 0 Å². The zero-order valence-corrected chi connectivity index (χ0v) is 10.5. The maximum Gasteiger partial charge on any atom is 0.0457 e. The maximum atomic E-state index is 6.29. The lowest BCUT2D eigenvalue weighted by Gasteiger charge is -2.26. The maximum absolute atomic E-state index is 6.29. The summed E-state index contributed by atoms with van der Waals surface area (Å²) in [4.78, 5) is 3.26. The predicted octanol–water partition coefficient (Wildman–Crippen LogP) is 2.54. The number of nitrogens with one attached hydrogen (secondary N) is 1. The van der Waals surface area contributed by atoms with Crippen molar-refractivity contribution in [2.24, 2.45) is 16.9 Å². The second-order valence-electron chi connectivity index (χ2n) is 5.47. The van der Waals surface area contributed by atoms with Gasteiger partial charge in [0.05, 0.1) is 0 Å². The molecule has 0 aliphatic heterocycles. The molecule has 0 aliphatic carbocycles. The Bertz CT molecular complexity index is 499. The molecule has 0 amide bonds. The highest BCUT2D eigenvalue weighted by atomic mass is 14.7. The fourth-order valence-corrected chi connectivity index (χ4v) is 2.19. The van der Waals surface area contributed by atoms with Gasteiger partial charge in [-0.1, -0.05) is 32.0 Å². The molecule has 2 aromatic rings. The van der Waals surface area contributed by atoms with E-state index in [1.807, 2.05) is 18.3 Å². The molecule has 1 atom stereocenters. The van der Waals surface area contributed by atoms with Gasteiger partial charge in [0.2, 0.25) is 0 Å². The molecule has 1 unspecified atom stereocenters. The highest BCUT2D eigenvalue weighted by molar-refractivity contribution is 5.83.